The molecule has 0 aliphatic carbocycles. The molecule has 1 amide bonds. The number of aryl methyl sites for hydroxylation is 2. The Kier molecular flexibility index (Phi) is 4.69. The Hall–Kier alpha value is -2.22. The number of hydrogen-bond acceptors (Lipinski definition) is 5. The van der Waals surface area contributed by atoms with Crippen LogP contribution >= 0.6 is 11.3 Å². The molecule has 0 aliphatic heterocycles. The van der Waals surface area contributed by atoms with Gasteiger partial charge in [-0.05, 0) is 19.4 Å². The number of anilines is 1. The van der Waals surface area contributed by atoms with Gasteiger partial charge in [-0.1, -0.05) is 6.92 Å². The zero-order valence-electron chi connectivity index (χ0n) is 11.8. The highest BCUT2D eigenvalue weighted by Crippen LogP contribution is 2.17. The second-order valence-corrected chi connectivity index (χ2v) is 5.22. The summed E-state index contributed by atoms with van der Waals surface area (Å²) >= 11 is 1.20. The lowest BCUT2D eigenvalue weighted by Crippen LogP contribution is -2.17. The van der Waals surface area contributed by atoms with Gasteiger partial charge in [0.15, 0.2) is 5.13 Å². The van der Waals surface area contributed by atoms with E-state index in [1.807, 2.05) is 13.8 Å². The minimum absolute atomic E-state index is 0.154. The Labute approximate surface area is 125 Å². The monoisotopic (exact) mass is 308 g/mol. The van der Waals surface area contributed by atoms with Crippen molar-refractivity contribution in [3.63, 3.8) is 0 Å². The maximum absolute atomic E-state index is 12.2. The van der Waals surface area contributed by atoms with E-state index in [2.05, 4.69) is 15.4 Å². The Morgan fingerprint density at radius 1 is 1.38 bits per heavy atom. The molecule has 0 atom stereocenters. The molecule has 2 aromatic rings. The molecule has 0 saturated heterocycles. The number of rotatable bonds is 6. The highest BCUT2D eigenvalue weighted by molar-refractivity contribution is 7.14. The Bertz CT molecular complexity index is 662. The van der Waals surface area contributed by atoms with E-state index in [4.69, 9.17) is 5.11 Å². The van der Waals surface area contributed by atoms with Crippen molar-refractivity contribution in [1.82, 2.24) is 14.8 Å². The SMILES string of the molecule is CCc1cc(C(=O)Nc2nc(CC(=O)O)cs2)n(CC)n1. The van der Waals surface area contributed by atoms with Crippen LogP contribution in [0.5, 0.6) is 0 Å². The van der Waals surface area contributed by atoms with Crippen LogP contribution in [-0.4, -0.2) is 31.7 Å². The lowest BCUT2D eigenvalue weighted by molar-refractivity contribution is -0.136. The first-order valence-electron chi connectivity index (χ1n) is 6.57. The molecule has 8 heteroatoms. The zero-order valence-corrected chi connectivity index (χ0v) is 12.6. The molecule has 2 heterocycles. The molecule has 2 N–H and O–H groups in total. The summed E-state index contributed by atoms with van der Waals surface area (Å²) in [6.45, 7) is 4.49. The molecule has 112 valence electrons. The first-order valence-corrected chi connectivity index (χ1v) is 7.45. The van der Waals surface area contributed by atoms with Gasteiger partial charge in [-0.15, -0.1) is 11.3 Å². The molecule has 0 fully saturated rings. The second-order valence-electron chi connectivity index (χ2n) is 4.36. The fourth-order valence-corrected chi connectivity index (χ4v) is 2.53. The van der Waals surface area contributed by atoms with Crippen LogP contribution in [0.3, 0.4) is 0 Å². The lowest BCUT2D eigenvalue weighted by Gasteiger charge is -2.03. The summed E-state index contributed by atoms with van der Waals surface area (Å²) in [5, 5.41) is 17.7. The predicted octanol–water partition coefficient (Wildman–Crippen LogP) is 1.80. The molecular weight excluding hydrogens is 292 g/mol. The molecule has 0 saturated carbocycles. The quantitative estimate of drug-likeness (QED) is 0.848. The minimum atomic E-state index is -0.949. The summed E-state index contributed by atoms with van der Waals surface area (Å²) < 4.78 is 1.64. The molecule has 21 heavy (non-hydrogen) atoms. The van der Waals surface area contributed by atoms with Crippen molar-refractivity contribution in [3.8, 4) is 0 Å². The number of nitrogens with one attached hydrogen (secondary N) is 1. The minimum Gasteiger partial charge on any atom is -0.481 e. The third-order valence-corrected chi connectivity index (χ3v) is 3.64. The fourth-order valence-electron chi connectivity index (χ4n) is 1.83. The number of carbonyl (C=O) groups excluding carboxylic acids is 1. The number of nitrogens with zero attached hydrogens (tertiary/aromatic N) is 3. The van der Waals surface area contributed by atoms with Gasteiger partial charge in [0.2, 0.25) is 0 Å². The molecule has 0 radical (unpaired) electrons. The van der Waals surface area contributed by atoms with Crippen LogP contribution in [0.25, 0.3) is 0 Å². The highest BCUT2D eigenvalue weighted by atomic mass is 32.1. The van der Waals surface area contributed by atoms with Gasteiger partial charge in [0.1, 0.15) is 5.69 Å². The third-order valence-electron chi connectivity index (χ3n) is 2.83. The summed E-state index contributed by atoms with van der Waals surface area (Å²) in [4.78, 5) is 26.9. The number of aliphatic carboxylic acids is 1. The van der Waals surface area contributed by atoms with Gasteiger partial charge < -0.3 is 5.11 Å². The van der Waals surface area contributed by atoms with Crippen LogP contribution in [-0.2, 0) is 24.2 Å². The van der Waals surface area contributed by atoms with Gasteiger partial charge in [-0.2, -0.15) is 5.10 Å². The largest absolute Gasteiger partial charge is 0.481 e. The van der Waals surface area contributed by atoms with E-state index in [-0.39, 0.29) is 12.3 Å². The van der Waals surface area contributed by atoms with Crippen molar-refractivity contribution < 1.29 is 14.7 Å². The van der Waals surface area contributed by atoms with E-state index in [1.54, 1.807) is 16.1 Å². The van der Waals surface area contributed by atoms with Gasteiger partial charge in [-0.25, -0.2) is 4.98 Å². The number of thiazole rings is 1. The van der Waals surface area contributed by atoms with Crippen LogP contribution in [0.15, 0.2) is 11.4 Å². The predicted molar refractivity (Wildman–Crippen MR) is 78.7 cm³/mol. The van der Waals surface area contributed by atoms with Crippen LogP contribution in [0.4, 0.5) is 5.13 Å². The fraction of sp³-hybridized carbons (Fsp3) is 0.385. The van der Waals surface area contributed by atoms with Crippen molar-refractivity contribution in [1.29, 1.82) is 0 Å². The molecule has 0 unspecified atom stereocenters. The van der Waals surface area contributed by atoms with Gasteiger partial charge in [0.05, 0.1) is 17.8 Å². The van der Waals surface area contributed by atoms with Gasteiger partial charge in [0, 0.05) is 11.9 Å². The Morgan fingerprint density at radius 2 is 2.14 bits per heavy atom. The molecule has 0 bridgehead atoms. The zero-order chi connectivity index (χ0) is 15.4. The van der Waals surface area contributed by atoms with E-state index in [1.165, 1.54) is 11.3 Å². The number of amides is 1. The topological polar surface area (TPSA) is 97.1 Å². The van der Waals surface area contributed by atoms with Gasteiger partial charge in [0.25, 0.3) is 5.91 Å². The molecule has 7 nitrogen and oxygen atoms in total. The first-order chi connectivity index (χ1) is 10.0. The van der Waals surface area contributed by atoms with Crippen molar-refractivity contribution >= 4 is 28.3 Å². The summed E-state index contributed by atoms with van der Waals surface area (Å²) in [5.74, 6) is -1.24. The second kappa shape index (κ2) is 6.49. The summed E-state index contributed by atoms with van der Waals surface area (Å²) in [6.07, 6.45) is 0.604. The Balaban J connectivity index is 2.12. The highest BCUT2D eigenvalue weighted by Gasteiger charge is 2.16. The first kappa shape index (κ1) is 15.2. The number of carboxylic acid groups (broad SMARTS) is 1. The average molecular weight is 308 g/mol. The van der Waals surface area contributed by atoms with E-state index < -0.39 is 5.97 Å². The lowest BCUT2D eigenvalue weighted by atomic mass is 10.3. The molecular formula is C13H16N4O3S. The molecule has 2 rings (SSSR count). The van der Waals surface area contributed by atoms with E-state index in [0.717, 1.165) is 12.1 Å². The average Bonchev–Trinajstić information content (AvgIpc) is 3.04. The standard InChI is InChI=1S/C13H16N4O3S/c1-3-8-5-10(17(4-2)16-8)12(20)15-13-14-9(7-21-13)6-11(18)19/h5,7H,3-4,6H2,1-2H3,(H,18,19)(H,14,15,20). The van der Waals surface area contributed by atoms with Gasteiger partial charge >= 0.3 is 5.97 Å². The third kappa shape index (κ3) is 3.66. The summed E-state index contributed by atoms with van der Waals surface area (Å²) in [7, 11) is 0. The number of aromatic nitrogens is 3. The maximum atomic E-state index is 12.2. The van der Waals surface area contributed by atoms with Crippen molar-refractivity contribution in [3.05, 3.63) is 28.5 Å². The number of carbonyl (C=O) groups is 2. The van der Waals surface area contributed by atoms with Crippen LogP contribution in [0.2, 0.25) is 0 Å². The van der Waals surface area contributed by atoms with Crippen LogP contribution < -0.4 is 5.32 Å². The van der Waals surface area contributed by atoms with Crippen molar-refractivity contribution in [2.24, 2.45) is 0 Å². The summed E-state index contributed by atoms with van der Waals surface area (Å²) in [5.41, 5.74) is 1.76. The van der Waals surface area contributed by atoms with E-state index in [0.29, 0.717) is 23.1 Å². The molecule has 0 aromatic carbocycles. The van der Waals surface area contributed by atoms with Gasteiger partial charge in [-0.3, -0.25) is 19.6 Å². The van der Waals surface area contributed by atoms with E-state index in [9.17, 15) is 9.59 Å². The number of carboxylic acids is 1. The van der Waals surface area contributed by atoms with E-state index >= 15 is 0 Å². The van der Waals surface area contributed by atoms with Crippen LogP contribution in [0, 0.1) is 0 Å². The molecule has 0 aliphatic rings. The molecule has 2 aromatic heterocycles. The normalized spacial score (nSPS) is 10.6. The van der Waals surface area contributed by atoms with Crippen molar-refractivity contribution in [2.45, 2.75) is 33.2 Å². The Morgan fingerprint density at radius 3 is 2.76 bits per heavy atom. The molecule has 0 spiro atoms. The maximum Gasteiger partial charge on any atom is 0.309 e. The smallest absolute Gasteiger partial charge is 0.309 e. The summed E-state index contributed by atoms with van der Waals surface area (Å²) in [6, 6.07) is 1.75. The van der Waals surface area contributed by atoms with Crippen LogP contribution in [0.1, 0.15) is 35.7 Å². The van der Waals surface area contributed by atoms with Crippen molar-refractivity contribution in [2.75, 3.05) is 5.32 Å². The number of hydrogen-bond donors (Lipinski definition) is 2.